The molecule has 86 valence electrons. The molecule has 1 N–H and O–H groups in total. The Morgan fingerprint density at radius 1 is 1.44 bits per heavy atom. The van der Waals surface area contributed by atoms with Gasteiger partial charge in [0.15, 0.2) is 0 Å². The molecule has 1 aliphatic rings. The second-order valence-corrected chi connectivity index (χ2v) is 3.98. The van der Waals surface area contributed by atoms with E-state index < -0.39 is 6.09 Å². The molecule has 5 nitrogen and oxygen atoms in total. The predicted molar refractivity (Wildman–Crippen MR) is 60.6 cm³/mol. The Labute approximate surface area is 94.3 Å². The quantitative estimate of drug-likeness (QED) is 0.776. The van der Waals surface area contributed by atoms with Crippen molar-refractivity contribution in [3.63, 3.8) is 0 Å². The molecule has 5 heteroatoms. The lowest BCUT2D eigenvalue weighted by atomic mass is 10.2. The van der Waals surface area contributed by atoms with Gasteiger partial charge in [-0.15, -0.1) is 0 Å². The van der Waals surface area contributed by atoms with Crippen LogP contribution in [0, 0.1) is 0 Å². The van der Waals surface area contributed by atoms with Crippen LogP contribution >= 0.6 is 0 Å². The van der Waals surface area contributed by atoms with Crippen molar-refractivity contribution in [3.05, 3.63) is 24.5 Å². The molecule has 2 heterocycles. The third-order valence-electron chi connectivity index (χ3n) is 2.89. The van der Waals surface area contributed by atoms with E-state index in [1.54, 1.807) is 12.4 Å². The number of aromatic nitrogens is 1. The second kappa shape index (κ2) is 4.38. The Bertz CT molecular complexity index is 369. The van der Waals surface area contributed by atoms with Crippen LogP contribution in [-0.4, -0.2) is 46.8 Å². The maximum Gasteiger partial charge on any atom is 0.407 e. The predicted octanol–water partition coefficient (Wildman–Crippen LogP) is 1.27. The number of carbonyl (C=O) groups is 1. The van der Waals surface area contributed by atoms with Crippen LogP contribution in [0.3, 0.4) is 0 Å². The number of hydrogen-bond acceptors (Lipinski definition) is 3. The molecule has 0 aromatic carbocycles. The van der Waals surface area contributed by atoms with Gasteiger partial charge in [-0.1, -0.05) is 0 Å². The lowest BCUT2D eigenvalue weighted by molar-refractivity contribution is 0.136. The number of carboxylic acid groups (broad SMARTS) is 1. The zero-order valence-electron chi connectivity index (χ0n) is 9.21. The van der Waals surface area contributed by atoms with E-state index in [-0.39, 0.29) is 6.04 Å². The van der Waals surface area contributed by atoms with Gasteiger partial charge in [-0.25, -0.2) is 4.79 Å². The van der Waals surface area contributed by atoms with Crippen LogP contribution in [0.2, 0.25) is 0 Å². The maximum atomic E-state index is 10.8. The van der Waals surface area contributed by atoms with Gasteiger partial charge in [0.2, 0.25) is 0 Å². The summed E-state index contributed by atoms with van der Waals surface area (Å²) < 4.78 is 0. The van der Waals surface area contributed by atoms with Gasteiger partial charge in [-0.3, -0.25) is 4.98 Å². The van der Waals surface area contributed by atoms with Gasteiger partial charge in [0, 0.05) is 43.8 Å². The Hall–Kier alpha value is -1.78. The number of hydrogen-bond donors (Lipinski definition) is 1. The summed E-state index contributed by atoms with van der Waals surface area (Å²) >= 11 is 0. The Morgan fingerprint density at radius 3 is 2.69 bits per heavy atom. The minimum Gasteiger partial charge on any atom is -0.465 e. The van der Waals surface area contributed by atoms with E-state index >= 15 is 0 Å². The minimum atomic E-state index is -0.832. The first-order valence-corrected chi connectivity index (χ1v) is 5.33. The molecule has 0 radical (unpaired) electrons. The third-order valence-corrected chi connectivity index (χ3v) is 2.89. The summed E-state index contributed by atoms with van der Waals surface area (Å²) in [7, 11) is 0. The number of amides is 1. The van der Waals surface area contributed by atoms with Crippen LogP contribution in [0.4, 0.5) is 10.5 Å². The monoisotopic (exact) mass is 221 g/mol. The first kappa shape index (κ1) is 10.7. The highest BCUT2D eigenvalue weighted by Crippen LogP contribution is 2.19. The summed E-state index contributed by atoms with van der Waals surface area (Å²) in [5.41, 5.74) is 1.10. The summed E-state index contributed by atoms with van der Waals surface area (Å²) in [4.78, 5) is 18.5. The van der Waals surface area contributed by atoms with E-state index in [0.717, 1.165) is 12.2 Å². The van der Waals surface area contributed by atoms with E-state index in [2.05, 4.69) is 9.88 Å². The van der Waals surface area contributed by atoms with Gasteiger partial charge in [-0.2, -0.15) is 0 Å². The van der Waals surface area contributed by atoms with Crippen LogP contribution in [0.1, 0.15) is 6.92 Å². The van der Waals surface area contributed by atoms with Crippen LogP contribution in [0.15, 0.2) is 24.5 Å². The molecule has 2 rings (SSSR count). The maximum absolute atomic E-state index is 10.8. The van der Waals surface area contributed by atoms with Crippen LogP contribution in [0.25, 0.3) is 0 Å². The van der Waals surface area contributed by atoms with Gasteiger partial charge < -0.3 is 14.9 Å². The average Bonchev–Trinajstić information content (AvgIpc) is 2.30. The molecule has 0 spiro atoms. The van der Waals surface area contributed by atoms with Crippen LogP contribution in [-0.2, 0) is 0 Å². The number of rotatable bonds is 1. The largest absolute Gasteiger partial charge is 0.465 e. The molecule has 0 bridgehead atoms. The zero-order chi connectivity index (χ0) is 11.5. The van der Waals surface area contributed by atoms with Crippen molar-refractivity contribution >= 4 is 11.8 Å². The topological polar surface area (TPSA) is 56.7 Å². The van der Waals surface area contributed by atoms with Crippen molar-refractivity contribution in [2.45, 2.75) is 13.0 Å². The number of nitrogens with zero attached hydrogens (tertiary/aromatic N) is 3. The molecule has 16 heavy (non-hydrogen) atoms. The normalized spacial score (nSPS) is 20.9. The van der Waals surface area contributed by atoms with E-state index in [1.807, 2.05) is 19.1 Å². The zero-order valence-corrected chi connectivity index (χ0v) is 9.21. The Kier molecular flexibility index (Phi) is 2.94. The fourth-order valence-corrected chi connectivity index (χ4v) is 2.05. The van der Waals surface area contributed by atoms with Gasteiger partial charge in [0.25, 0.3) is 0 Å². The Balaban J connectivity index is 2.08. The molecule has 1 aromatic heterocycles. The molecular formula is C11H15N3O2. The summed E-state index contributed by atoms with van der Waals surface area (Å²) in [6, 6.07) is 4.10. The SMILES string of the molecule is CC1CN(C(=O)O)CCN1c1ccncc1. The molecule has 1 fully saturated rings. The molecule has 1 amide bonds. The molecule has 0 saturated carbocycles. The number of pyridine rings is 1. The molecule has 1 aliphatic heterocycles. The summed E-state index contributed by atoms with van der Waals surface area (Å²) in [5, 5.41) is 8.91. The highest BCUT2D eigenvalue weighted by molar-refractivity contribution is 5.65. The summed E-state index contributed by atoms with van der Waals surface area (Å²) in [5.74, 6) is 0. The molecule has 1 atom stereocenters. The van der Waals surface area contributed by atoms with E-state index in [4.69, 9.17) is 5.11 Å². The number of anilines is 1. The van der Waals surface area contributed by atoms with E-state index in [9.17, 15) is 4.79 Å². The molecule has 1 aromatic rings. The fourth-order valence-electron chi connectivity index (χ4n) is 2.05. The smallest absolute Gasteiger partial charge is 0.407 e. The molecular weight excluding hydrogens is 206 g/mol. The van der Waals surface area contributed by atoms with E-state index in [1.165, 1.54) is 4.90 Å². The van der Waals surface area contributed by atoms with Crippen molar-refractivity contribution in [1.29, 1.82) is 0 Å². The van der Waals surface area contributed by atoms with Gasteiger partial charge >= 0.3 is 6.09 Å². The van der Waals surface area contributed by atoms with Crippen LogP contribution in [0.5, 0.6) is 0 Å². The standard InChI is InChI=1S/C11H15N3O2/c1-9-8-13(11(15)16)6-7-14(9)10-2-4-12-5-3-10/h2-5,9H,6-8H2,1H3,(H,15,16). The molecule has 1 unspecified atom stereocenters. The summed E-state index contributed by atoms with van der Waals surface area (Å²) in [6.45, 7) is 3.88. The van der Waals surface area contributed by atoms with Crippen molar-refractivity contribution in [2.24, 2.45) is 0 Å². The molecule has 1 saturated heterocycles. The average molecular weight is 221 g/mol. The van der Waals surface area contributed by atoms with Gasteiger partial charge in [-0.05, 0) is 19.1 Å². The van der Waals surface area contributed by atoms with Gasteiger partial charge in [0.05, 0.1) is 0 Å². The third kappa shape index (κ3) is 2.08. The highest BCUT2D eigenvalue weighted by atomic mass is 16.4. The number of piperazine rings is 1. The lowest BCUT2D eigenvalue weighted by Crippen LogP contribution is -2.53. The second-order valence-electron chi connectivity index (χ2n) is 3.98. The highest BCUT2D eigenvalue weighted by Gasteiger charge is 2.26. The first-order chi connectivity index (χ1) is 7.68. The van der Waals surface area contributed by atoms with Crippen molar-refractivity contribution in [2.75, 3.05) is 24.5 Å². The summed E-state index contributed by atoms with van der Waals surface area (Å²) in [6.07, 6.45) is 2.68. The molecule has 0 aliphatic carbocycles. The fraction of sp³-hybridized carbons (Fsp3) is 0.455. The van der Waals surface area contributed by atoms with Crippen molar-refractivity contribution in [1.82, 2.24) is 9.88 Å². The lowest BCUT2D eigenvalue weighted by Gasteiger charge is -2.40. The van der Waals surface area contributed by atoms with Crippen molar-refractivity contribution < 1.29 is 9.90 Å². The first-order valence-electron chi connectivity index (χ1n) is 5.33. The van der Waals surface area contributed by atoms with Gasteiger partial charge in [0.1, 0.15) is 0 Å². The van der Waals surface area contributed by atoms with E-state index in [0.29, 0.717) is 13.1 Å². The van der Waals surface area contributed by atoms with Crippen LogP contribution < -0.4 is 4.90 Å². The minimum absolute atomic E-state index is 0.201. The van der Waals surface area contributed by atoms with Crippen molar-refractivity contribution in [3.8, 4) is 0 Å². The Morgan fingerprint density at radius 2 is 2.12 bits per heavy atom.